The lowest BCUT2D eigenvalue weighted by Crippen LogP contribution is -2.43. The average Bonchev–Trinajstić information content (AvgIpc) is 2.44. The average molecular weight is 369 g/mol. The van der Waals surface area contributed by atoms with E-state index in [2.05, 4.69) is 4.72 Å². The third-order valence-corrected chi connectivity index (χ3v) is 5.34. The van der Waals surface area contributed by atoms with Crippen LogP contribution in [-0.2, 0) is 25.0 Å². The summed E-state index contributed by atoms with van der Waals surface area (Å²) >= 11 is 0. The van der Waals surface area contributed by atoms with Crippen LogP contribution in [0.2, 0.25) is 0 Å². The number of carbonyl (C=O) groups is 2. The molecule has 0 aliphatic heterocycles. The highest BCUT2D eigenvalue weighted by Gasteiger charge is 2.31. The van der Waals surface area contributed by atoms with Gasteiger partial charge in [-0.2, -0.15) is 4.72 Å². The lowest BCUT2D eigenvalue weighted by Gasteiger charge is -2.21. The summed E-state index contributed by atoms with van der Waals surface area (Å²) in [7, 11) is -4.04. The van der Waals surface area contributed by atoms with Crippen molar-refractivity contribution in [3.8, 4) is 0 Å². The molecule has 1 atom stereocenters. The van der Waals surface area contributed by atoms with Crippen LogP contribution in [-0.4, -0.2) is 31.3 Å². The van der Waals surface area contributed by atoms with Crippen molar-refractivity contribution in [2.75, 3.05) is 0 Å². The zero-order valence-electron chi connectivity index (χ0n) is 15.6. The molecule has 0 heterocycles. The van der Waals surface area contributed by atoms with Crippen LogP contribution in [0.3, 0.4) is 0 Å². The van der Waals surface area contributed by atoms with Gasteiger partial charge >= 0.3 is 5.97 Å². The Morgan fingerprint density at radius 2 is 1.52 bits per heavy atom. The largest absolute Gasteiger partial charge is 0.480 e. The van der Waals surface area contributed by atoms with E-state index in [1.807, 2.05) is 20.8 Å². The van der Waals surface area contributed by atoms with E-state index < -0.39 is 33.9 Å². The first-order valence-corrected chi connectivity index (χ1v) is 9.52. The predicted octanol–water partition coefficient (Wildman–Crippen LogP) is 2.72. The van der Waals surface area contributed by atoms with Crippen molar-refractivity contribution in [3.63, 3.8) is 0 Å². The van der Waals surface area contributed by atoms with E-state index in [4.69, 9.17) is 0 Å². The summed E-state index contributed by atoms with van der Waals surface area (Å²) in [6.07, 6.45) is -0.405. The molecule has 1 rings (SSSR count). The van der Waals surface area contributed by atoms with Crippen molar-refractivity contribution in [3.05, 3.63) is 29.8 Å². The summed E-state index contributed by atoms with van der Waals surface area (Å²) in [5.74, 6) is -1.71. The third-order valence-electron chi connectivity index (χ3n) is 3.85. The van der Waals surface area contributed by atoms with Gasteiger partial charge in [-0.05, 0) is 23.1 Å². The summed E-state index contributed by atoms with van der Waals surface area (Å²) < 4.78 is 27.0. The number of carbonyl (C=O) groups excluding carboxylic acids is 1. The SMILES string of the molecule is CC(C)(C)C(=O)CC(NS(=O)(=O)c1ccc(C(C)(C)C)cc1)C(=O)O. The fraction of sp³-hybridized carbons (Fsp3) is 0.556. The molecule has 0 spiro atoms. The van der Waals surface area contributed by atoms with Gasteiger partial charge in [0, 0.05) is 11.8 Å². The summed E-state index contributed by atoms with van der Waals surface area (Å²) in [6, 6.07) is 4.77. The molecule has 1 aromatic carbocycles. The number of sulfonamides is 1. The maximum atomic E-state index is 12.5. The van der Waals surface area contributed by atoms with Gasteiger partial charge in [-0.3, -0.25) is 9.59 Å². The van der Waals surface area contributed by atoms with Gasteiger partial charge in [-0.25, -0.2) is 8.42 Å². The van der Waals surface area contributed by atoms with E-state index in [0.29, 0.717) is 0 Å². The molecule has 1 aromatic rings. The van der Waals surface area contributed by atoms with Crippen LogP contribution in [0.25, 0.3) is 0 Å². The summed E-state index contributed by atoms with van der Waals surface area (Å²) in [5, 5.41) is 9.27. The maximum Gasteiger partial charge on any atom is 0.322 e. The molecule has 2 N–H and O–H groups in total. The number of rotatable bonds is 6. The molecule has 140 valence electrons. The van der Waals surface area contributed by atoms with E-state index in [9.17, 15) is 23.1 Å². The fourth-order valence-corrected chi connectivity index (χ4v) is 3.25. The first kappa shape index (κ1) is 21.3. The summed E-state index contributed by atoms with van der Waals surface area (Å²) in [4.78, 5) is 23.4. The second-order valence-electron chi connectivity index (χ2n) is 8.16. The third kappa shape index (κ3) is 5.93. The minimum atomic E-state index is -4.04. The van der Waals surface area contributed by atoms with Gasteiger partial charge in [0.05, 0.1) is 4.90 Å². The molecule has 0 radical (unpaired) electrons. The second kappa shape index (κ2) is 7.25. The molecule has 6 nitrogen and oxygen atoms in total. The molecule has 7 heteroatoms. The Hall–Kier alpha value is -1.73. The fourth-order valence-electron chi connectivity index (χ4n) is 2.06. The van der Waals surface area contributed by atoms with Crippen molar-refractivity contribution >= 4 is 21.8 Å². The Kier molecular flexibility index (Phi) is 6.18. The smallest absolute Gasteiger partial charge is 0.322 e. The topological polar surface area (TPSA) is 101 Å². The number of carboxylic acid groups (broad SMARTS) is 1. The second-order valence-corrected chi connectivity index (χ2v) is 9.88. The first-order chi connectivity index (χ1) is 11.1. The molecule has 0 aliphatic carbocycles. The Bertz CT molecular complexity index is 737. The van der Waals surface area contributed by atoms with E-state index in [-0.39, 0.29) is 16.1 Å². The van der Waals surface area contributed by atoms with Crippen LogP contribution >= 0.6 is 0 Å². The van der Waals surface area contributed by atoms with Crippen molar-refractivity contribution in [1.82, 2.24) is 4.72 Å². The van der Waals surface area contributed by atoms with Gasteiger partial charge in [0.25, 0.3) is 0 Å². The van der Waals surface area contributed by atoms with Crippen LogP contribution in [0.1, 0.15) is 53.5 Å². The predicted molar refractivity (Wildman–Crippen MR) is 96.0 cm³/mol. The highest BCUT2D eigenvalue weighted by atomic mass is 32.2. The minimum absolute atomic E-state index is 0.0324. The number of ketones is 1. The number of carboxylic acids is 1. The van der Waals surface area contributed by atoms with Gasteiger partial charge in [0.2, 0.25) is 10.0 Å². The monoisotopic (exact) mass is 369 g/mol. The molecule has 25 heavy (non-hydrogen) atoms. The normalized spacial score (nSPS) is 14.2. The van der Waals surface area contributed by atoms with Crippen LogP contribution < -0.4 is 4.72 Å². The first-order valence-electron chi connectivity index (χ1n) is 8.03. The molecule has 0 saturated carbocycles. The number of nitrogens with one attached hydrogen (secondary N) is 1. The summed E-state index contributed by atoms with van der Waals surface area (Å²) in [6.45, 7) is 11.0. The number of Topliss-reactive ketones (excluding diaryl/α,β-unsaturated/α-hetero) is 1. The number of hydrogen-bond acceptors (Lipinski definition) is 4. The molecule has 0 fully saturated rings. The molecule has 0 saturated heterocycles. The van der Waals surface area contributed by atoms with E-state index in [1.54, 1.807) is 32.9 Å². The minimum Gasteiger partial charge on any atom is -0.480 e. The van der Waals surface area contributed by atoms with Gasteiger partial charge in [0.1, 0.15) is 11.8 Å². The number of aliphatic carboxylic acids is 1. The Labute approximate surface area is 149 Å². The van der Waals surface area contributed by atoms with Crippen molar-refractivity contribution in [1.29, 1.82) is 0 Å². The van der Waals surface area contributed by atoms with Gasteiger partial charge in [0.15, 0.2) is 0 Å². The van der Waals surface area contributed by atoms with Gasteiger partial charge in [-0.1, -0.05) is 53.7 Å². The summed E-state index contributed by atoms with van der Waals surface area (Å²) in [5.41, 5.74) is 0.0931. The molecule has 0 aliphatic rings. The lowest BCUT2D eigenvalue weighted by molar-refractivity contribution is -0.141. The van der Waals surface area contributed by atoms with E-state index in [1.165, 1.54) is 12.1 Å². The van der Waals surface area contributed by atoms with E-state index >= 15 is 0 Å². The van der Waals surface area contributed by atoms with E-state index in [0.717, 1.165) is 5.56 Å². The lowest BCUT2D eigenvalue weighted by atomic mass is 9.87. The van der Waals surface area contributed by atoms with Crippen molar-refractivity contribution in [2.45, 2.75) is 64.3 Å². The van der Waals surface area contributed by atoms with Gasteiger partial charge < -0.3 is 5.11 Å². The molecule has 0 amide bonds. The van der Waals surface area contributed by atoms with Crippen LogP contribution in [0.15, 0.2) is 29.2 Å². The van der Waals surface area contributed by atoms with Crippen LogP contribution in [0, 0.1) is 5.41 Å². The number of hydrogen-bond donors (Lipinski definition) is 2. The van der Waals surface area contributed by atoms with Crippen molar-refractivity contribution < 1.29 is 23.1 Å². The highest BCUT2D eigenvalue weighted by molar-refractivity contribution is 7.89. The van der Waals surface area contributed by atoms with Crippen LogP contribution in [0.4, 0.5) is 0 Å². The Balaban J connectivity index is 3.04. The molecule has 0 aromatic heterocycles. The van der Waals surface area contributed by atoms with Gasteiger partial charge in [-0.15, -0.1) is 0 Å². The zero-order valence-corrected chi connectivity index (χ0v) is 16.4. The van der Waals surface area contributed by atoms with Crippen LogP contribution in [0.5, 0.6) is 0 Å². The Morgan fingerprint density at radius 3 is 1.88 bits per heavy atom. The zero-order chi connectivity index (χ0) is 19.6. The molecule has 1 unspecified atom stereocenters. The van der Waals surface area contributed by atoms with Crippen molar-refractivity contribution in [2.24, 2.45) is 5.41 Å². The molecule has 0 bridgehead atoms. The number of benzene rings is 1. The maximum absolute atomic E-state index is 12.5. The standard InChI is InChI=1S/C18H27NO5S/c1-17(2,3)12-7-9-13(10-8-12)25(23,24)19-14(16(21)22)11-15(20)18(4,5)6/h7-10,14,19H,11H2,1-6H3,(H,21,22). The molecular weight excluding hydrogens is 342 g/mol. The molecular formula is C18H27NO5S. The Morgan fingerprint density at radius 1 is 1.04 bits per heavy atom. The highest BCUT2D eigenvalue weighted by Crippen LogP contribution is 2.24. The quantitative estimate of drug-likeness (QED) is 0.803.